The molecular weight excluding hydrogens is 340 g/mol. The third-order valence-electron chi connectivity index (χ3n) is 3.46. The molecule has 0 saturated heterocycles. The maximum absolute atomic E-state index is 11.6. The van der Waals surface area contributed by atoms with Gasteiger partial charge in [-0.05, 0) is 44.5 Å². The van der Waals surface area contributed by atoms with Gasteiger partial charge in [0.15, 0.2) is 0 Å². The Morgan fingerprint density at radius 2 is 1.88 bits per heavy atom. The van der Waals surface area contributed by atoms with E-state index in [9.17, 15) is 20.0 Å². The van der Waals surface area contributed by atoms with Crippen LogP contribution in [-0.4, -0.2) is 21.7 Å². The van der Waals surface area contributed by atoms with Crippen LogP contribution in [0.5, 0.6) is 0 Å². The summed E-state index contributed by atoms with van der Waals surface area (Å²) < 4.78 is 0. The number of nitro benzene ring substituents is 1. The van der Waals surface area contributed by atoms with Crippen LogP contribution in [0.3, 0.4) is 0 Å². The third kappa shape index (κ3) is 4.96. The Labute approximate surface area is 150 Å². The van der Waals surface area contributed by atoms with Crippen molar-refractivity contribution in [2.45, 2.75) is 37.0 Å². The molecule has 0 aliphatic carbocycles. The number of nitro groups is 1. The van der Waals surface area contributed by atoms with Crippen molar-refractivity contribution >= 4 is 29.2 Å². The molecule has 0 heterocycles. The van der Waals surface area contributed by atoms with Crippen LogP contribution in [0, 0.1) is 10.1 Å². The number of nitrogens with zero attached hydrogens (tertiary/aromatic N) is 2. The molecule has 0 bridgehead atoms. The summed E-state index contributed by atoms with van der Waals surface area (Å²) in [6.45, 7) is 5.51. The highest BCUT2D eigenvalue weighted by Crippen LogP contribution is 2.30. The Balaban J connectivity index is 2.18. The minimum Gasteiger partial charge on any atom is -0.465 e. The average molecular weight is 360 g/mol. The van der Waals surface area contributed by atoms with Gasteiger partial charge in [-0.2, -0.15) is 0 Å². The molecule has 25 heavy (non-hydrogen) atoms. The number of thioether (sulfide) groups is 1. The van der Waals surface area contributed by atoms with E-state index in [4.69, 9.17) is 0 Å². The van der Waals surface area contributed by atoms with E-state index in [2.05, 4.69) is 0 Å². The van der Waals surface area contributed by atoms with E-state index in [0.717, 1.165) is 10.5 Å². The molecule has 132 valence electrons. The number of anilines is 1. The summed E-state index contributed by atoms with van der Waals surface area (Å²) in [6, 6.07) is 13.8. The van der Waals surface area contributed by atoms with Gasteiger partial charge in [0.2, 0.25) is 0 Å². The molecule has 0 atom stereocenters. The monoisotopic (exact) mass is 360 g/mol. The van der Waals surface area contributed by atoms with E-state index in [0.29, 0.717) is 11.4 Å². The highest BCUT2D eigenvalue weighted by Gasteiger charge is 2.27. The number of carboxylic acid groups (broad SMARTS) is 1. The molecule has 6 nitrogen and oxygen atoms in total. The molecule has 1 amide bonds. The lowest BCUT2D eigenvalue weighted by molar-refractivity contribution is -0.384. The van der Waals surface area contributed by atoms with Gasteiger partial charge >= 0.3 is 6.09 Å². The molecule has 0 spiro atoms. The normalized spacial score (nSPS) is 11.2. The first-order chi connectivity index (χ1) is 11.7. The van der Waals surface area contributed by atoms with Gasteiger partial charge < -0.3 is 5.11 Å². The molecule has 0 fully saturated rings. The lowest BCUT2D eigenvalue weighted by Crippen LogP contribution is -2.45. The Morgan fingerprint density at radius 3 is 2.48 bits per heavy atom. The molecule has 0 unspecified atom stereocenters. The molecule has 7 heteroatoms. The zero-order valence-corrected chi connectivity index (χ0v) is 15.1. The maximum Gasteiger partial charge on any atom is 0.412 e. The van der Waals surface area contributed by atoms with Gasteiger partial charge in [-0.25, -0.2) is 4.79 Å². The zero-order chi connectivity index (χ0) is 18.6. The number of rotatable bonds is 5. The Hall–Kier alpha value is -2.54. The first-order valence-electron chi connectivity index (χ1n) is 7.68. The topological polar surface area (TPSA) is 83.7 Å². The lowest BCUT2D eigenvalue weighted by atomic mass is 10.1. The second kappa shape index (κ2) is 7.57. The predicted octanol–water partition coefficient (Wildman–Crippen LogP) is 5.17. The minimum atomic E-state index is -1.01. The highest BCUT2D eigenvalue weighted by molar-refractivity contribution is 7.98. The van der Waals surface area contributed by atoms with Crippen LogP contribution >= 0.6 is 11.8 Å². The second-order valence-electron chi connectivity index (χ2n) is 6.50. The van der Waals surface area contributed by atoms with Gasteiger partial charge in [-0.1, -0.05) is 18.2 Å². The SMILES string of the molecule is CC(C)(C)N(C(=O)O)c1cccc(SCc2cccc([N+](=O)[O-])c2)c1. The van der Waals surface area contributed by atoms with Crippen LogP contribution in [0.15, 0.2) is 53.4 Å². The van der Waals surface area contributed by atoms with Crippen molar-refractivity contribution in [3.8, 4) is 0 Å². The Morgan fingerprint density at radius 1 is 1.20 bits per heavy atom. The fourth-order valence-electron chi connectivity index (χ4n) is 2.42. The van der Waals surface area contributed by atoms with Crippen molar-refractivity contribution in [3.63, 3.8) is 0 Å². The highest BCUT2D eigenvalue weighted by atomic mass is 32.2. The summed E-state index contributed by atoms with van der Waals surface area (Å²) >= 11 is 1.51. The summed E-state index contributed by atoms with van der Waals surface area (Å²) in [5, 5.41) is 20.3. The van der Waals surface area contributed by atoms with Gasteiger partial charge in [-0.3, -0.25) is 15.0 Å². The standard InChI is InChI=1S/C18H20N2O4S/c1-18(2,3)19(17(21)22)14-7-5-9-16(11-14)25-12-13-6-4-8-15(10-13)20(23)24/h4-11H,12H2,1-3H3,(H,21,22). The van der Waals surface area contributed by atoms with Crippen molar-refractivity contribution < 1.29 is 14.8 Å². The summed E-state index contributed by atoms with van der Waals surface area (Å²) in [7, 11) is 0. The summed E-state index contributed by atoms with van der Waals surface area (Å²) in [4.78, 5) is 24.2. The fourth-order valence-corrected chi connectivity index (χ4v) is 3.32. The van der Waals surface area contributed by atoms with Crippen molar-refractivity contribution in [1.29, 1.82) is 0 Å². The fraction of sp³-hybridized carbons (Fsp3) is 0.278. The molecule has 0 aliphatic heterocycles. The molecule has 0 saturated carbocycles. The van der Waals surface area contributed by atoms with Gasteiger partial charge in [-0.15, -0.1) is 11.8 Å². The van der Waals surface area contributed by atoms with E-state index in [-0.39, 0.29) is 5.69 Å². The lowest BCUT2D eigenvalue weighted by Gasteiger charge is -2.33. The molecule has 0 aliphatic rings. The number of non-ortho nitro benzene ring substituents is 1. The molecule has 0 radical (unpaired) electrons. The first kappa shape index (κ1) is 18.8. The van der Waals surface area contributed by atoms with Crippen molar-refractivity contribution in [2.24, 2.45) is 0 Å². The largest absolute Gasteiger partial charge is 0.465 e. The average Bonchev–Trinajstić information content (AvgIpc) is 2.52. The van der Waals surface area contributed by atoms with Crippen LogP contribution in [-0.2, 0) is 5.75 Å². The Kier molecular flexibility index (Phi) is 5.69. The van der Waals surface area contributed by atoms with Gasteiger partial charge in [0.25, 0.3) is 5.69 Å². The van der Waals surface area contributed by atoms with Crippen molar-refractivity contribution in [3.05, 3.63) is 64.2 Å². The second-order valence-corrected chi connectivity index (χ2v) is 7.55. The molecule has 0 aromatic heterocycles. The zero-order valence-electron chi connectivity index (χ0n) is 14.3. The number of benzene rings is 2. The number of carbonyl (C=O) groups is 1. The van der Waals surface area contributed by atoms with E-state index >= 15 is 0 Å². The van der Waals surface area contributed by atoms with Crippen molar-refractivity contribution in [2.75, 3.05) is 4.90 Å². The summed E-state index contributed by atoms with van der Waals surface area (Å²) in [5.41, 5.74) is 0.950. The van der Waals surface area contributed by atoms with Gasteiger partial charge in [0.05, 0.1) is 4.92 Å². The van der Waals surface area contributed by atoms with Gasteiger partial charge in [0.1, 0.15) is 0 Å². The number of hydrogen-bond acceptors (Lipinski definition) is 4. The molecule has 1 N–H and O–H groups in total. The van der Waals surface area contributed by atoms with Crippen molar-refractivity contribution in [1.82, 2.24) is 0 Å². The van der Waals surface area contributed by atoms with Crippen LogP contribution in [0.1, 0.15) is 26.3 Å². The third-order valence-corrected chi connectivity index (χ3v) is 4.53. The summed E-state index contributed by atoms with van der Waals surface area (Å²) in [6.07, 6.45) is -1.01. The van der Waals surface area contributed by atoms with Gasteiger partial charge in [0, 0.05) is 34.0 Å². The van der Waals surface area contributed by atoms with E-state index in [1.807, 2.05) is 45.0 Å². The van der Waals surface area contributed by atoms with Crippen LogP contribution in [0.4, 0.5) is 16.2 Å². The van der Waals surface area contributed by atoms with Crippen LogP contribution < -0.4 is 4.90 Å². The first-order valence-corrected chi connectivity index (χ1v) is 8.66. The minimum absolute atomic E-state index is 0.0663. The molecule has 2 rings (SSSR count). The molecule has 2 aromatic rings. The molecular formula is C18H20N2O4S. The van der Waals surface area contributed by atoms with E-state index in [1.165, 1.54) is 22.7 Å². The molecule has 2 aromatic carbocycles. The smallest absolute Gasteiger partial charge is 0.412 e. The number of hydrogen-bond donors (Lipinski definition) is 1. The predicted molar refractivity (Wildman–Crippen MR) is 99.4 cm³/mol. The van der Waals surface area contributed by atoms with Crippen LogP contribution in [0.25, 0.3) is 0 Å². The van der Waals surface area contributed by atoms with Crippen LogP contribution in [0.2, 0.25) is 0 Å². The summed E-state index contributed by atoms with van der Waals surface area (Å²) in [5.74, 6) is 0.563. The Bertz CT molecular complexity index is 787. The van der Waals surface area contributed by atoms with E-state index < -0.39 is 16.6 Å². The maximum atomic E-state index is 11.6. The number of amides is 1. The quantitative estimate of drug-likeness (QED) is 0.452. The van der Waals surface area contributed by atoms with E-state index in [1.54, 1.807) is 18.2 Å².